The van der Waals surface area contributed by atoms with E-state index in [2.05, 4.69) is 10.2 Å². The summed E-state index contributed by atoms with van der Waals surface area (Å²) in [7, 11) is 0. The van der Waals surface area contributed by atoms with Gasteiger partial charge in [0.15, 0.2) is 0 Å². The predicted molar refractivity (Wildman–Crippen MR) is 94.7 cm³/mol. The lowest BCUT2D eigenvalue weighted by Gasteiger charge is -2.35. The lowest BCUT2D eigenvalue weighted by atomic mass is 10.0. The number of amides is 1. The van der Waals surface area contributed by atoms with Gasteiger partial charge < -0.3 is 15.8 Å². The molecule has 1 atom stereocenters. The molecule has 0 bridgehead atoms. The van der Waals surface area contributed by atoms with Crippen LogP contribution in [0, 0.1) is 5.82 Å². The van der Waals surface area contributed by atoms with E-state index in [4.69, 9.17) is 10.5 Å². The third kappa shape index (κ3) is 4.55. The number of nitrogens with zero attached hydrogens (tertiary/aromatic N) is 1. The minimum atomic E-state index is -0.280. The molecule has 2 aromatic rings. The van der Waals surface area contributed by atoms with Gasteiger partial charge in [0.1, 0.15) is 5.82 Å². The monoisotopic (exact) mass is 343 g/mol. The van der Waals surface area contributed by atoms with Crippen LogP contribution < -0.4 is 11.1 Å². The molecular formula is C19H22FN3O2. The first kappa shape index (κ1) is 17.4. The van der Waals surface area contributed by atoms with Crippen molar-refractivity contribution in [2.24, 2.45) is 0 Å². The van der Waals surface area contributed by atoms with E-state index in [9.17, 15) is 9.18 Å². The van der Waals surface area contributed by atoms with Gasteiger partial charge in [-0.2, -0.15) is 0 Å². The number of nitrogen functional groups attached to an aromatic ring is 1. The highest BCUT2D eigenvalue weighted by atomic mass is 19.1. The number of halogens is 1. The number of carbonyl (C=O) groups is 1. The molecule has 1 fully saturated rings. The van der Waals surface area contributed by atoms with Crippen molar-refractivity contribution in [2.45, 2.75) is 6.04 Å². The molecule has 132 valence electrons. The fourth-order valence-corrected chi connectivity index (χ4v) is 3.03. The van der Waals surface area contributed by atoms with Gasteiger partial charge in [-0.25, -0.2) is 4.39 Å². The van der Waals surface area contributed by atoms with E-state index in [1.165, 1.54) is 12.1 Å². The maximum Gasteiger partial charge on any atom is 0.251 e. The van der Waals surface area contributed by atoms with E-state index in [0.717, 1.165) is 18.7 Å². The molecule has 3 N–H and O–H groups in total. The Morgan fingerprint density at radius 3 is 2.68 bits per heavy atom. The molecule has 0 aliphatic carbocycles. The van der Waals surface area contributed by atoms with Crippen LogP contribution in [0.2, 0.25) is 0 Å². The van der Waals surface area contributed by atoms with E-state index < -0.39 is 0 Å². The zero-order chi connectivity index (χ0) is 17.6. The van der Waals surface area contributed by atoms with Gasteiger partial charge in [0.25, 0.3) is 5.91 Å². The highest BCUT2D eigenvalue weighted by molar-refractivity contribution is 5.95. The number of ether oxygens (including phenoxy) is 1. The lowest BCUT2D eigenvalue weighted by molar-refractivity contribution is 0.0162. The van der Waals surface area contributed by atoms with E-state index in [-0.39, 0.29) is 17.8 Å². The molecule has 1 unspecified atom stereocenters. The number of nitrogens with one attached hydrogen (secondary N) is 1. The number of nitrogens with two attached hydrogens (primary N) is 1. The summed E-state index contributed by atoms with van der Waals surface area (Å²) in [6.07, 6.45) is 0. The van der Waals surface area contributed by atoms with Crippen molar-refractivity contribution in [3.8, 4) is 0 Å². The fraction of sp³-hybridized carbons (Fsp3) is 0.316. The Morgan fingerprint density at radius 1 is 1.20 bits per heavy atom. The zero-order valence-corrected chi connectivity index (χ0v) is 14.0. The molecule has 1 aliphatic heterocycles. The first-order chi connectivity index (χ1) is 12.1. The Kier molecular flexibility index (Phi) is 5.63. The normalized spacial score (nSPS) is 16.4. The van der Waals surface area contributed by atoms with Crippen molar-refractivity contribution in [1.82, 2.24) is 10.2 Å². The van der Waals surface area contributed by atoms with Crippen molar-refractivity contribution >= 4 is 11.6 Å². The topological polar surface area (TPSA) is 67.6 Å². The van der Waals surface area contributed by atoms with Crippen LogP contribution in [0.4, 0.5) is 10.1 Å². The minimum absolute atomic E-state index is 0.107. The van der Waals surface area contributed by atoms with Crippen LogP contribution in [-0.4, -0.2) is 43.7 Å². The summed E-state index contributed by atoms with van der Waals surface area (Å²) in [5.74, 6) is -0.472. The van der Waals surface area contributed by atoms with Crippen LogP contribution in [0.1, 0.15) is 22.0 Å². The van der Waals surface area contributed by atoms with Crippen LogP contribution >= 0.6 is 0 Å². The molecule has 1 aliphatic rings. The molecule has 0 radical (unpaired) electrons. The van der Waals surface area contributed by atoms with E-state index in [1.807, 2.05) is 6.07 Å². The number of rotatable bonds is 5. The molecule has 1 saturated heterocycles. The van der Waals surface area contributed by atoms with Crippen molar-refractivity contribution in [3.63, 3.8) is 0 Å². The van der Waals surface area contributed by atoms with Gasteiger partial charge in [0, 0.05) is 30.9 Å². The van der Waals surface area contributed by atoms with Gasteiger partial charge in [-0.15, -0.1) is 0 Å². The second-order valence-electron chi connectivity index (χ2n) is 6.05. The molecule has 1 heterocycles. The van der Waals surface area contributed by atoms with Gasteiger partial charge >= 0.3 is 0 Å². The Labute approximate surface area is 146 Å². The van der Waals surface area contributed by atoms with Crippen LogP contribution in [-0.2, 0) is 4.74 Å². The van der Waals surface area contributed by atoms with Gasteiger partial charge in [-0.05, 0) is 35.9 Å². The number of anilines is 1. The number of hydrogen-bond acceptors (Lipinski definition) is 4. The highest BCUT2D eigenvalue weighted by Crippen LogP contribution is 2.22. The maximum absolute atomic E-state index is 13.7. The maximum atomic E-state index is 13.7. The third-order valence-electron chi connectivity index (χ3n) is 4.32. The smallest absolute Gasteiger partial charge is 0.251 e. The predicted octanol–water partition coefficient (Wildman–Crippen LogP) is 2.21. The van der Waals surface area contributed by atoms with Crippen molar-refractivity contribution in [2.75, 3.05) is 38.6 Å². The molecule has 5 nitrogen and oxygen atoms in total. The lowest BCUT2D eigenvalue weighted by Crippen LogP contribution is -2.43. The first-order valence-corrected chi connectivity index (χ1v) is 8.34. The van der Waals surface area contributed by atoms with Gasteiger partial charge in [0.2, 0.25) is 0 Å². The minimum Gasteiger partial charge on any atom is -0.399 e. The summed E-state index contributed by atoms with van der Waals surface area (Å²) in [6.45, 7) is 3.14. The molecule has 25 heavy (non-hydrogen) atoms. The molecule has 0 aromatic heterocycles. The summed E-state index contributed by atoms with van der Waals surface area (Å²) < 4.78 is 19.1. The van der Waals surface area contributed by atoms with Gasteiger partial charge in [-0.1, -0.05) is 18.2 Å². The van der Waals surface area contributed by atoms with Gasteiger partial charge in [-0.3, -0.25) is 9.69 Å². The quantitative estimate of drug-likeness (QED) is 0.817. The number of hydrogen-bond donors (Lipinski definition) is 2. The molecule has 1 amide bonds. The SMILES string of the molecule is Nc1cccc(C(=O)NCC(c2cccc(F)c2)N2CCOCC2)c1. The fourth-order valence-electron chi connectivity index (χ4n) is 3.03. The van der Waals surface area contributed by atoms with Crippen LogP contribution in [0.5, 0.6) is 0 Å². The Hall–Kier alpha value is -2.44. The number of benzene rings is 2. The van der Waals surface area contributed by atoms with Crippen molar-refractivity contribution < 1.29 is 13.9 Å². The Bertz CT molecular complexity index is 732. The molecular weight excluding hydrogens is 321 g/mol. The van der Waals surface area contributed by atoms with Crippen molar-refractivity contribution in [3.05, 3.63) is 65.5 Å². The number of carbonyl (C=O) groups excluding carboxylic acids is 1. The van der Waals surface area contributed by atoms with Gasteiger partial charge in [0.05, 0.1) is 19.3 Å². The molecule has 0 saturated carbocycles. The Balaban J connectivity index is 1.74. The van der Waals surface area contributed by atoms with E-state index in [0.29, 0.717) is 31.0 Å². The molecule has 2 aromatic carbocycles. The standard InChI is InChI=1S/C19H22FN3O2/c20-16-5-1-3-14(11-16)18(23-7-9-25-10-8-23)13-22-19(24)15-4-2-6-17(21)12-15/h1-6,11-12,18H,7-10,13,21H2,(H,22,24). The van der Waals surface area contributed by atoms with E-state index >= 15 is 0 Å². The van der Waals surface area contributed by atoms with Crippen LogP contribution in [0.15, 0.2) is 48.5 Å². The van der Waals surface area contributed by atoms with E-state index in [1.54, 1.807) is 30.3 Å². The summed E-state index contributed by atoms with van der Waals surface area (Å²) >= 11 is 0. The van der Waals surface area contributed by atoms with Crippen LogP contribution in [0.3, 0.4) is 0 Å². The summed E-state index contributed by atoms with van der Waals surface area (Å²) in [5, 5.41) is 2.94. The third-order valence-corrected chi connectivity index (χ3v) is 4.32. The second-order valence-corrected chi connectivity index (χ2v) is 6.05. The average molecular weight is 343 g/mol. The molecule has 6 heteroatoms. The first-order valence-electron chi connectivity index (χ1n) is 8.34. The summed E-state index contributed by atoms with van der Waals surface area (Å²) in [6, 6.07) is 13.3. The largest absolute Gasteiger partial charge is 0.399 e. The molecule has 0 spiro atoms. The summed E-state index contributed by atoms with van der Waals surface area (Å²) in [5.41, 5.74) is 7.63. The highest BCUT2D eigenvalue weighted by Gasteiger charge is 2.23. The second kappa shape index (κ2) is 8.09. The average Bonchev–Trinajstić information content (AvgIpc) is 2.63. The number of morpholine rings is 1. The van der Waals surface area contributed by atoms with Crippen LogP contribution in [0.25, 0.3) is 0 Å². The molecule has 3 rings (SSSR count). The Morgan fingerprint density at radius 2 is 1.96 bits per heavy atom. The summed E-state index contributed by atoms with van der Waals surface area (Å²) in [4.78, 5) is 14.6. The zero-order valence-electron chi connectivity index (χ0n) is 14.0. The van der Waals surface area contributed by atoms with Crippen molar-refractivity contribution in [1.29, 1.82) is 0 Å².